The number of rotatable bonds is 2. The molecule has 0 spiro atoms. The van der Waals surface area contributed by atoms with Gasteiger partial charge in [-0.3, -0.25) is 0 Å². The molecule has 0 heterocycles. The van der Waals surface area contributed by atoms with Crippen LogP contribution in [-0.2, 0) is 12.8 Å². The van der Waals surface area contributed by atoms with E-state index in [1.54, 1.807) is 0 Å². The fourth-order valence-corrected chi connectivity index (χ4v) is 3.05. The van der Waals surface area contributed by atoms with Gasteiger partial charge in [0, 0.05) is 0 Å². The van der Waals surface area contributed by atoms with E-state index in [9.17, 15) is 10.4 Å². The molecule has 3 rings (SSSR count). The molecule has 0 bridgehead atoms. The van der Waals surface area contributed by atoms with E-state index in [2.05, 4.69) is 18.2 Å². The van der Waals surface area contributed by atoms with E-state index < -0.39 is 11.5 Å². The van der Waals surface area contributed by atoms with Crippen molar-refractivity contribution in [1.29, 1.82) is 5.26 Å². The standard InChI is InChI=1S/C18H17NO/c1-13-6-8-14(9-7-13)17(20)18(12-19)10-15-4-2-3-5-16(15)11-18/h2-9,17,20H,10-11H2,1H3. The maximum atomic E-state index is 10.7. The molecule has 0 saturated carbocycles. The zero-order valence-electron chi connectivity index (χ0n) is 11.5. The predicted molar refractivity (Wildman–Crippen MR) is 78.0 cm³/mol. The third kappa shape index (κ3) is 2.01. The number of hydrogen-bond donors (Lipinski definition) is 1. The molecule has 2 aromatic rings. The highest BCUT2D eigenvalue weighted by atomic mass is 16.3. The van der Waals surface area contributed by atoms with Crippen LogP contribution in [0.25, 0.3) is 0 Å². The molecule has 0 radical (unpaired) electrons. The molecule has 1 N–H and O–H groups in total. The summed E-state index contributed by atoms with van der Waals surface area (Å²) in [5, 5.41) is 20.4. The van der Waals surface area contributed by atoms with Gasteiger partial charge in [-0.2, -0.15) is 5.26 Å². The summed E-state index contributed by atoms with van der Waals surface area (Å²) < 4.78 is 0. The van der Waals surface area contributed by atoms with Gasteiger partial charge in [0.05, 0.1) is 17.6 Å². The Morgan fingerprint density at radius 1 is 1.05 bits per heavy atom. The Labute approximate surface area is 119 Å². The number of hydrogen-bond acceptors (Lipinski definition) is 2. The maximum absolute atomic E-state index is 10.7. The van der Waals surface area contributed by atoms with Crippen LogP contribution >= 0.6 is 0 Å². The molecule has 20 heavy (non-hydrogen) atoms. The van der Waals surface area contributed by atoms with Crippen molar-refractivity contribution in [1.82, 2.24) is 0 Å². The fraction of sp³-hybridized carbons (Fsp3) is 0.278. The summed E-state index contributed by atoms with van der Waals surface area (Å²) in [6, 6.07) is 18.3. The Morgan fingerprint density at radius 2 is 1.60 bits per heavy atom. The van der Waals surface area contributed by atoms with Crippen molar-refractivity contribution < 1.29 is 5.11 Å². The molecular formula is C18H17NO. The van der Waals surface area contributed by atoms with Gasteiger partial charge in [0.1, 0.15) is 0 Å². The number of nitriles is 1. The molecule has 2 nitrogen and oxygen atoms in total. The first kappa shape index (κ1) is 12.9. The maximum Gasteiger partial charge on any atom is 0.0982 e. The SMILES string of the molecule is Cc1ccc(C(O)C2(C#N)Cc3ccccc3C2)cc1. The highest BCUT2D eigenvalue weighted by Crippen LogP contribution is 2.45. The summed E-state index contributed by atoms with van der Waals surface area (Å²) in [7, 11) is 0. The summed E-state index contributed by atoms with van der Waals surface area (Å²) >= 11 is 0. The molecule has 2 aromatic carbocycles. The average molecular weight is 263 g/mol. The lowest BCUT2D eigenvalue weighted by Crippen LogP contribution is -2.28. The van der Waals surface area contributed by atoms with Gasteiger partial charge in [0.15, 0.2) is 0 Å². The summed E-state index contributed by atoms with van der Waals surface area (Å²) in [5.41, 5.74) is 3.60. The van der Waals surface area contributed by atoms with E-state index in [1.807, 2.05) is 43.3 Å². The number of benzene rings is 2. The van der Waals surface area contributed by atoms with Crippen LogP contribution in [0.3, 0.4) is 0 Å². The molecule has 100 valence electrons. The highest BCUT2D eigenvalue weighted by Gasteiger charge is 2.44. The minimum absolute atomic E-state index is 0.620. The van der Waals surface area contributed by atoms with Crippen molar-refractivity contribution in [3.05, 3.63) is 70.8 Å². The molecule has 0 saturated heterocycles. The molecule has 1 aliphatic rings. The van der Waals surface area contributed by atoms with E-state index >= 15 is 0 Å². The lowest BCUT2D eigenvalue weighted by molar-refractivity contribution is 0.0693. The summed E-state index contributed by atoms with van der Waals surface area (Å²) in [6.07, 6.45) is 0.490. The van der Waals surface area contributed by atoms with Crippen molar-refractivity contribution in [3.63, 3.8) is 0 Å². The van der Waals surface area contributed by atoms with Crippen LogP contribution in [0.4, 0.5) is 0 Å². The zero-order chi connectivity index (χ0) is 14.2. The van der Waals surface area contributed by atoms with Gasteiger partial charge >= 0.3 is 0 Å². The van der Waals surface area contributed by atoms with Crippen molar-refractivity contribution >= 4 is 0 Å². The van der Waals surface area contributed by atoms with Crippen LogP contribution in [0.1, 0.15) is 28.4 Å². The molecule has 2 heteroatoms. The van der Waals surface area contributed by atoms with Gasteiger partial charge in [-0.15, -0.1) is 0 Å². The first-order chi connectivity index (χ1) is 9.64. The van der Waals surface area contributed by atoms with E-state index in [0.29, 0.717) is 12.8 Å². The Balaban J connectivity index is 1.96. The average Bonchev–Trinajstić information content (AvgIpc) is 2.87. The Morgan fingerprint density at radius 3 is 2.10 bits per heavy atom. The smallest absolute Gasteiger partial charge is 0.0982 e. The topological polar surface area (TPSA) is 44.0 Å². The number of aliphatic hydroxyl groups is 1. The lowest BCUT2D eigenvalue weighted by atomic mass is 9.77. The first-order valence-electron chi connectivity index (χ1n) is 6.87. The molecule has 0 aliphatic heterocycles. The Bertz CT molecular complexity index is 642. The van der Waals surface area contributed by atoms with E-state index in [4.69, 9.17) is 0 Å². The van der Waals surface area contributed by atoms with Gasteiger partial charge in [-0.05, 0) is 36.5 Å². The first-order valence-corrected chi connectivity index (χ1v) is 6.87. The Hall–Kier alpha value is -2.11. The minimum Gasteiger partial charge on any atom is -0.387 e. The van der Waals surface area contributed by atoms with Crippen LogP contribution < -0.4 is 0 Å². The summed E-state index contributed by atoms with van der Waals surface area (Å²) in [6.45, 7) is 2.02. The molecule has 0 amide bonds. The van der Waals surface area contributed by atoms with Gasteiger partial charge in [0.2, 0.25) is 0 Å². The summed E-state index contributed by atoms with van der Waals surface area (Å²) in [5.74, 6) is 0. The second kappa shape index (κ2) is 4.77. The Kier molecular flexibility index (Phi) is 3.08. The number of nitrogens with zero attached hydrogens (tertiary/aromatic N) is 1. The van der Waals surface area contributed by atoms with Crippen molar-refractivity contribution in [3.8, 4) is 6.07 Å². The summed E-state index contributed by atoms with van der Waals surface area (Å²) in [4.78, 5) is 0. The molecular weight excluding hydrogens is 246 g/mol. The second-order valence-electron chi connectivity index (χ2n) is 5.70. The van der Waals surface area contributed by atoms with Crippen molar-refractivity contribution in [2.75, 3.05) is 0 Å². The van der Waals surface area contributed by atoms with Gasteiger partial charge in [-0.25, -0.2) is 0 Å². The molecule has 1 unspecified atom stereocenters. The minimum atomic E-state index is -0.750. The largest absolute Gasteiger partial charge is 0.387 e. The number of fused-ring (bicyclic) bond motifs is 1. The van der Waals surface area contributed by atoms with E-state index in [0.717, 1.165) is 11.1 Å². The van der Waals surface area contributed by atoms with Gasteiger partial charge < -0.3 is 5.11 Å². The lowest BCUT2D eigenvalue weighted by Gasteiger charge is -2.27. The van der Waals surface area contributed by atoms with Crippen LogP contribution in [-0.4, -0.2) is 5.11 Å². The molecule has 0 aromatic heterocycles. The van der Waals surface area contributed by atoms with E-state index in [-0.39, 0.29) is 0 Å². The monoisotopic (exact) mass is 263 g/mol. The van der Waals surface area contributed by atoms with E-state index in [1.165, 1.54) is 11.1 Å². The molecule has 1 atom stereocenters. The van der Waals surface area contributed by atoms with Gasteiger partial charge in [-0.1, -0.05) is 54.1 Å². The van der Waals surface area contributed by atoms with Gasteiger partial charge in [0.25, 0.3) is 0 Å². The third-order valence-electron chi connectivity index (χ3n) is 4.27. The fourth-order valence-electron chi connectivity index (χ4n) is 3.05. The predicted octanol–water partition coefficient (Wildman–Crippen LogP) is 3.34. The normalized spacial score (nSPS) is 17.2. The van der Waals surface area contributed by atoms with Crippen molar-refractivity contribution in [2.24, 2.45) is 5.41 Å². The third-order valence-corrected chi connectivity index (χ3v) is 4.27. The second-order valence-corrected chi connectivity index (χ2v) is 5.70. The number of aliphatic hydroxyl groups excluding tert-OH is 1. The van der Waals surface area contributed by atoms with Crippen LogP contribution in [0, 0.1) is 23.7 Å². The molecule has 1 aliphatic carbocycles. The van der Waals surface area contributed by atoms with Crippen LogP contribution in [0.5, 0.6) is 0 Å². The quantitative estimate of drug-likeness (QED) is 0.903. The highest BCUT2D eigenvalue weighted by molar-refractivity contribution is 5.40. The van der Waals surface area contributed by atoms with Crippen molar-refractivity contribution in [2.45, 2.75) is 25.9 Å². The molecule has 0 fully saturated rings. The number of aryl methyl sites for hydroxylation is 1. The zero-order valence-corrected chi connectivity index (χ0v) is 11.5. The van der Waals surface area contributed by atoms with Crippen LogP contribution in [0.15, 0.2) is 48.5 Å². The van der Waals surface area contributed by atoms with Crippen LogP contribution in [0.2, 0.25) is 0 Å².